The molecule has 1 saturated carbocycles. The van der Waals surface area contributed by atoms with Crippen LogP contribution < -0.4 is 0 Å². The Morgan fingerprint density at radius 2 is 2.05 bits per heavy atom. The topological polar surface area (TPSA) is 38.0 Å². The van der Waals surface area contributed by atoms with Crippen LogP contribution in [0.4, 0.5) is 0 Å². The molecule has 0 aliphatic heterocycles. The Balaban J connectivity index is 1.78. The Bertz CT molecular complexity index is 555. The van der Waals surface area contributed by atoms with Crippen LogP contribution >= 0.6 is 0 Å². The molecule has 2 aromatic rings. The molecule has 0 spiro atoms. The van der Waals surface area contributed by atoms with Gasteiger partial charge in [0, 0.05) is 6.54 Å². The summed E-state index contributed by atoms with van der Waals surface area (Å²) in [5.41, 5.74) is 3.24. The van der Waals surface area contributed by atoms with Gasteiger partial charge in [0.1, 0.15) is 6.10 Å². The second kappa shape index (κ2) is 5.80. The van der Waals surface area contributed by atoms with Gasteiger partial charge < -0.3 is 9.67 Å². The maximum atomic E-state index is 10.5. The molecular weight excluding hydrogens is 248 g/mol. The van der Waals surface area contributed by atoms with Crippen LogP contribution in [-0.4, -0.2) is 14.7 Å². The van der Waals surface area contributed by atoms with Crippen molar-refractivity contribution in [2.24, 2.45) is 0 Å². The standard InChI is InChI=1S/C17H22N2O/c1-2-10-19-12-18-11-16(19)17(20)15-8-6-14(7-9-15)13-4-3-5-13/h6-9,11-13,17,20H,2-5,10H2,1H3. The molecule has 106 valence electrons. The first-order chi connectivity index (χ1) is 9.79. The van der Waals surface area contributed by atoms with Gasteiger partial charge in [0.05, 0.1) is 18.2 Å². The Morgan fingerprint density at radius 1 is 1.30 bits per heavy atom. The highest BCUT2D eigenvalue weighted by atomic mass is 16.3. The largest absolute Gasteiger partial charge is 0.382 e. The first kappa shape index (κ1) is 13.4. The van der Waals surface area contributed by atoms with E-state index in [4.69, 9.17) is 0 Å². The number of aromatic nitrogens is 2. The smallest absolute Gasteiger partial charge is 0.121 e. The lowest BCUT2D eigenvalue weighted by atomic mass is 9.80. The molecule has 0 saturated heterocycles. The van der Waals surface area contributed by atoms with E-state index >= 15 is 0 Å². The molecule has 20 heavy (non-hydrogen) atoms. The number of aryl methyl sites for hydroxylation is 1. The van der Waals surface area contributed by atoms with E-state index in [1.807, 2.05) is 4.57 Å². The third-order valence-electron chi connectivity index (χ3n) is 4.32. The summed E-state index contributed by atoms with van der Waals surface area (Å²) in [6, 6.07) is 8.45. The van der Waals surface area contributed by atoms with Crippen LogP contribution in [0, 0.1) is 0 Å². The van der Waals surface area contributed by atoms with Gasteiger partial charge in [0.2, 0.25) is 0 Å². The Morgan fingerprint density at radius 3 is 2.65 bits per heavy atom. The van der Waals surface area contributed by atoms with Crippen LogP contribution in [0.1, 0.15) is 61.4 Å². The highest BCUT2D eigenvalue weighted by Gasteiger charge is 2.20. The molecule has 1 atom stereocenters. The number of aliphatic hydroxyl groups is 1. The van der Waals surface area contributed by atoms with Crippen molar-refractivity contribution >= 4 is 0 Å². The van der Waals surface area contributed by atoms with Crippen molar-refractivity contribution in [1.29, 1.82) is 0 Å². The monoisotopic (exact) mass is 270 g/mol. The van der Waals surface area contributed by atoms with E-state index in [9.17, 15) is 5.11 Å². The van der Waals surface area contributed by atoms with E-state index in [1.54, 1.807) is 12.5 Å². The first-order valence-corrected chi connectivity index (χ1v) is 7.57. The molecule has 3 heteroatoms. The van der Waals surface area contributed by atoms with Crippen LogP contribution in [0.2, 0.25) is 0 Å². The molecule has 0 radical (unpaired) electrons. The van der Waals surface area contributed by atoms with Crippen LogP contribution in [0.25, 0.3) is 0 Å². The predicted octanol–water partition coefficient (Wildman–Crippen LogP) is 3.64. The van der Waals surface area contributed by atoms with Gasteiger partial charge in [0.25, 0.3) is 0 Å². The zero-order chi connectivity index (χ0) is 13.9. The normalized spacial score (nSPS) is 16.9. The zero-order valence-corrected chi connectivity index (χ0v) is 12.0. The molecule has 0 bridgehead atoms. The molecule has 3 rings (SSSR count). The minimum atomic E-state index is -0.584. The maximum absolute atomic E-state index is 10.5. The summed E-state index contributed by atoms with van der Waals surface area (Å²) in [5, 5.41) is 10.5. The number of hydrogen-bond acceptors (Lipinski definition) is 2. The van der Waals surface area contributed by atoms with Gasteiger partial charge in [0.15, 0.2) is 0 Å². The van der Waals surface area contributed by atoms with E-state index in [0.29, 0.717) is 0 Å². The summed E-state index contributed by atoms with van der Waals surface area (Å²) in [7, 11) is 0. The lowest BCUT2D eigenvalue weighted by Crippen LogP contribution is -2.10. The second-order valence-corrected chi connectivity index (χ2v) is 5.71. The average molecular weight is 270 g/mol. The highest BCUT2D eigenvalue weighted by molar-refractivity contribution is 5.31. The van der Waals surface area contributed by atoms with Gasteiger partial charge in [-0.25, -0.2) is 4.98 Å². The predicted molar refractivity (Wildman–Crippen MR) is 79.6 cm³/mol. The quantitative estimate of drug-likeness (QED) is 0.900. The number of rotatable bonds is 5. The molecular formula is C17H22N2O. The van der Waals surface area contributed by atoms with E-state index in [0.717, 1.165) is 30.1 Å². The van der Waals surface area contributed by atoms with Gasteiger partial charge >= 0.3 is 0 Å². The van der Waals surface area contributed by atoms with Crippen molar-refractivity contribution in [3.63, 3.8) is 0 Å². The fraction of sp³-hybridized carbons (Fsp3) is 0.471. The van der Waals surface area contributed by atoms with Crippen LogP contribution in [0.15, 0.2) is 36.8 Å². The van der Waals surface area contributed by atoms with E-state index in [2.05, 4.69) is 36.2 Å². The second-order valence-electron chi connectivity index (χ2n) is 5.71. The van der Waals surface area contributed by atoms with Gasteiger partial charge in [-0.2, -0.15) is 0 Å². The zero-order valence-electron chi connectivity index (χ0n) is 12.0. The van der Waals surface area contributed by atoms with Gasteiger partial charge in [-0.15, -0.1) is 0 Å². The molecule has 1 aromatic carbocycles. The molecule has 1 fully saturated rings. The van der Waals surface area contributed by atoms with Gasteiger partial charge in [-0.1, -0.05) is 37.6 Å². The summed E-state index contributed by atoms with van der Waals surface area (Å²) in [6.07, 6.45) is 7.99. The molecule has 1 aliphatic rings. The van der Waals surface area contributed by atoms with Gasteiger partial charge in [-0.3, -0.25) is 0 Å². The molecule has 0 amide bonds. The molecule has 1 heterocycles. The minimum absolute atomic E-state index is 0.584. The maximum Gasteiger partial charge on any atom is 0.121 e. The fourth-order valence-corrected chi connectivity index (χ4v) is 2.85. The summed E-state index contributed by atoms with van der Waals surface area (Å²) >= 11 is 0. The van der Waals surface area contributed by atoms with Crippen molar-refractivity contribution < 1.29 is 5.11 Å². The van der Waals surface area contributed by atoms with Crippen molar-refractivity contribution in [1.82, 2.24) is 9.55 Å². The van der Waals surface area contributed by atoms with E-state index in [-0.39, 0.29) is 0 Å². The van der Waals surface area contributed by atoms with Crippen molar-refractivity contribution in [3.05, 3.63) is 53.6 Å². The molecule has 1 aliphatic carbocycles. The fourth-order valence-electron chi connectivity index (χ4n) is 2.85. The molecule has 1 unspecified atom stereocenters. The number of hydrogen-bond donors (Lipinski definition) is 1. The molecule has 3 nitrogen and oxygen atoms in total. The van der Waals surface area contributed by atoms with Crippen molar-refractivity contribution in [3.8, 4) is 0 Å². The van der Waals surface area contributed by atoms with Gasteiger partial charge in [-0.05, 0) is 36.3 Å². The van der Waals surface area contributed by atoms with Crippen molar-refractivity contribution in [2.45, 2.75) is 51.2 Å². The SMILES string of the molecule is CCCn1cncc1C(O)c1ccc(C2CCC2)cc1. The van der Waals surface area contributed by atoms with Crippen LogP contribution in [0.5, 0.6) is 0 Å². The Labute approximate surface area is 120 Å². The number of nitrogens with zero attached hydrogens (tertiary/aromatic N) is 2. The lowest BCUT2D eigenvalue weighted by Gasteiger charge is -2.26. The number of aliphatic hydroxyl groups excluding tert-OH is 1. The van der Waals surface area contributed by atoms with Crippen LogP contribution in [0.3, 0.4) is 0 Å². The molecule has 1 aromatic heterocycles. The number of benzene rings is 1. The average Bonchev–Trinajstić information content (AvgIpc) is 2.86. The Hall–Kier alpha value is -1.61. The van der Waals surface area contributed by atoms with Crippen LogP contribution in [-0.2, 0) is 6.54 Å². The van der Waals surface area contributed by atoms with Crippen molar-refractivity contribution in [2.75, 3.05) is 0 Å². The number of imidazole rings is 1. The summed E-state index contributed by atoms with van der Waals surface area (Å²) in [6.45, 7) is 3.02. The summed E-state index contributed by atoms with van der Waals surface area (Å²) in [4.78, 5) is 4.16. The lowest BCUT2D eigenvalue weighted by molar-refractivity contribution is 0.209. The minimum Gasteiger partial charge on any atom is -0.382 e. The Kier molecular flexibility index (Phi) is 3.88. The summed E-state index contributed by atoms with van der Waals surface area (Å²) < 4.78 is 2.03. The summed E-state index contributed by atoms with van der Waals surface area (Å²) in [5.74, 6) is 0.742. The van der Waals surface area contributed by atoms with E-state index in [1.165, 1.54) is 24.8 Å². The third-order valence-corrected chi connectivity index (χ3v) is 4.32. The highest BCUT2D eigenvalue weighted by Crippen LogP contribution is 2.36. The third kappa shape index (κ3) is 2.50. The van der Waals surface area contributed by atoms with E-state index < -0.39 is 6.10 Å². The molecule has 1 N–H and O–H groups in total. The first-order valence-electron chi connectivity index (χ1n) is 7.57.